The fraction of sp³-hybridized carbons (Fsp3) is 0.545. The topological polar surface area (TPSA) is 53.0 Å². The number of piperidine rings is 1. The van der Waals surface area contributed by atoms with Gasteiger partial charge in [0.05, 0.1) is 18.2 Å². The number of likely N-dealkylation sites (tertiary alicyclic amines) is 1. The van der Waals surface area contributed by atoms with E-state index in [0.717, 1.165) is 56.4 Å². The first-order valence-electron chi connectivity index (χ1n) is 10.3. The number of hydrogen-bond donors (Lipinski definition) is 1. The molecule has 0 bridgehead atoms. The molecule has 2 heterocycles. The van der Waals surface area contributed by atoms with Gasteiger partial charge in [0, 0.05) is 45.7 Å². The van der Waals surface area contributed by atoms with Gasteiger partial charge in [-0.1, -0.05) is 18.2 Å². The van der Waals surface area contributed by atoms with E-state index >= 15 is 0 Å². The summed E-state index contributed by atoms with van der Waals surface area (Å²) in [5, 5.41) is 4.63. The number of guanidine groups is 1. The summed E-state index contributed by atoms with van der Waals surface area (Å²) < 4.78 is 5.79. The average Bonchev–Trinajstić information content (AvgIpc) is 2.71. The van der Waals surface area contributed by atoms with E-state index < -0.39 is 0 Å². The zero-order valence-electron chi connectivity index (χ0n) is 18.0. The van der Waals surface area contributed by atoms with E-state index in [-0.39, 0.29) is 24.0 Å². The predicted molar refractivity (Wildman–Crippen MR) is 133 cm³/mol. The van der Waals surface area contributed by atoms with Gasteiger partial charge in [-0.15, -0.1) is 24.0 Å². The van der Waals surface area contributed by atoms with Crippen LogP contribution in [0.5, 0.6) is 0 Å². The van der Waals surface area contributed by atoms with Crippen molar-refractivity contribution in [2.75, 3.05) is 45.2 Å². The summed E-state index contributed by atoms with van der Waals surface area (Å²) in [6.07, 6.45) is 2.50. The van der Waals surface area contributed by atoms with Crippen LogP contribution in [0.2, 0.25) is 0 Å². The smallest absolute Gasteiger partial charge is 0.194 e. The number of nitrogens with zero attached hydrogens (tertiary/aromatic N) is 4. The molecule has 1 fully saturated rings. The van der Waals surface area contributed by atoms with Crippen molar-refractivity contribution < 1.29 is 4.74 Å². The number of nitrogens with one attached hydrogen (secondary N) is 1. The van der Waals surface area contributed by atoms with Crippen molar-refractivity contribution >= 4 is 46.7 Å². The second-order valence-electron chi connectivity index (χ2n) is 7.36. The highest BCUT2D eigenvalue weighted by molar-refractivity contribution is 14.0. The van der Waals surface area contributed by atoms with Crippen LogP contribution in [-0.4, -0.2) is 62.3 Å². The Morgan fingerprint density at radius 2 is 1.97 bits per heavy atom. The van der Waals surface area contributed by atoms with E-state index in [1.54, 1.807) is 0 Å². The molecule has 6 nitrogen and oxygen atoms in total. The summed E-state index contributed by atoms with van der Waals surface area (Å²) in [7, 11) is 4.05. The maximum Gasteiger partial charge on any atom is 0.194 e. The second-order valence-corrected chi connectivity index (χ2v) is 7.36. The number of benzene rings is 1. The molecule has 1 aliphatic rings. The normalized spacial score (nSPS) is 15.3. The SMILES string of the molecule is CCNC(=NCc1cc(N(C)C)nc2ccccc12)N1CCC(OCC)CC1.I. The molecule has 3 rings (SSSR count). The summed E-state index contributed by atoms with van der Waals surface area (Å²) in [5.74, 6) is 1.95. The van der Waals surface area contributed by atoms with Gasteiger partial charge < -0.3 is 19.9 Å². The number of hydrogen-bond acceptors (Lipinski definition) is 4. The largest absolute Gasteiger partial charge is 0.378 e. The van der Waals surface area contributed by atoms with Gasteiger partial charge in [0.25, 0.3) is 0 Å². The number of halogens is 1. The summed E-state index contributed by atoms with van der Waals surface area (Å²) in [6, 6.07) is 10.5. The highest BCUT2D eigenvalue weighted by Crippen LogP contribution is 2.23. The molecule has 0 aliphatic carbocycles. The Morgan fingerprint density at radius 1 is 1.24 bits per heavy atom. The molecule has 1 aromatic carbocycles. The number of fused-ring (bicyclic) bond motifs is 1. The van der Waals surface area contributed by atoms with Gasteiger partial charge >= 0.3 is 0 Å². The lowest BCUT2D eigenvalue weighted by Gasteiger charge is -2.34. The Balaban J connectivity index is 0.00000300. The molecule has 0 atom stereocenters. The number of aliphatic imine (C=N–C) groups is 1. The van der Waals surface area contributed by atoms with Gasteiger partial charge in [-0.2, -0.15) is 0 Å². The molecule has 1 saturated heterocycles. The maximum absolute atomic E-state index is 5.79. The van der Waals surface area contributed by atoms with E-state index in [0.29, 0.717) is 12.6 Å². The Hall–Kier alpha value is -1.61. The third-order valence-corrected chi connectivity index (χ3v) is 5.12. The van der Waals surface area contributed by atoms with Gasteiger partial charge in [-0.3, -0.25) is 0 Å². The number of para-hydroxylation sites is 1. The number of anilines is 1. The minimum atomic E-state index is 0. The first-order valence-corrected chi connectivity index (χ1v) is 10.3. The Kier molecular flexibility index (Phi) is 9.42. The van der Waals surface area contributed by atoms with Crippen LogP contribution in [-0.2, 0) is 11.3 Å². The van der Waals surface area contributed by atoms with Gasteiger partial charge in [-0.05, 0) is 44.4 Å². The summed E-state index contributed by atoms with van der Waals surface area (Å²) in [6.45, 7) is 8.45. The maximum atomic E-state index is 5.79. The highest BCUT2D eigenvalue weighted by atomic mass is 127. The zero-order valence-corrected chi connectivity index (χ0v) is 20.3. The van der Waals surface area contributed by atoms with Gasteiger partial charge in [0.2, 0.25) is 0 Å². The minimum Gasteiger partial charge on any atom is -0.378 e. The summed E-state index contributed by atoms with van der Waals surface area (Å²) >= 11 is 0. The third-order valence-electron chi connectivity index (χ3n) is 5.12. The zero-order chi connectivity index (χ0) is 19.9. The van der Waals surface area contributed by atoms with Crippen molar-refractivity contribution in [2.45, 2.75) is 39.3 Å². The molecule has 0 amide bonds. The molecule has 1 aromatic heterocycles. The molecule has 29 heavy (non-hydrogen) atoms. The monoisotopic (exact) mass is 511 g/mol. The standard InChI is InChI=1S/C22H33N5O.HI/c1-5-23-22(27-13-11-18(12-14-27)28-6-2)24-16-17-15-21(26(3)4)25-20-10-8-7-9-19(17)20;/h7-10,15,18H,5-6,11-14,16H2,1-4H3,(H,23,24);1H. The van der Waals surface area contributed by atoms with Crippen LogP contribution in [0.3, 0.4) is 0 Å². The van der Waals surface area contributed by atoms with Crippen LogP contribution in [0.4, 0.5) is 5.82 Å². The van der Waals surface area contributed by atoms with E-state index in [1.807, 2.05) is 25.1 Å². The molecule has 7 heteroatoms. The van der Waals surface area contributed by atoms with Crippen LogP contribution in [0, 0.1) is 0 Å². The lowest BCUT2D eigenvalue weighted by atomic mass is 10.1. The van der Waals surface area contributed by atoms with Crippen LogP contribution in [0.1, 0.15) is 32.3 Å². The summed E-state index contributed by atoms with van der Waals surface area (Å²) in [4.78, 5) is 14.1. The van der Waals surface area contributed by atoms with Crippen molar-refractivity contribution in [3.8, 4) is 0 Å². The highest BCUT2D eigenvalue weighted by Gasteiger charge is 2.21. The van der Waals surface area contributed by atoms with Crippen LogP contribution >= 0.6 is 24.0 Å². The average molecular weight is 511 g/mol. The van der Waals surface area contributed by atoms with Crippen LogP contribution in [0.25, 0.3) is 10.9 Å². The van der Waals surface area contributed by atoms with E-state index in [4.69, 9.17) is 14.7 Å². The Bertz CT molecular complexity index is 803. The molecule has 0 unspecified atom stereocenters. The Labute approximate surface area is 191 Å². The van der Waals surface area contributed by atoms with E-state index in [9.17, 15) is 0 Å². The van der Waals surface area contributed by atoms with Gasteiger partial charge in [0.15, 0.2) is 5.96 Å². The first kappa shape index (κ1) is 23.7. The fourth-order valence-electron chi connectivity index (χ4n) is 3.65. The molecule has 0 saturated carbocycles. The molecular weight excluding hydrogens is 477 g/mol. The van der Waals surface area contributed by atoms with Crippen LogP contribution < -0.4 is 10.2 Å². The van der Waals surface area contributed by atoms with E-state index in [1.165, 1.54) is 10.9 Å². The quantitative estimate of drug-likeness (QED) is 0.363. The molecule has 2 aromatic rings. The van der Waals surface area contributed by atoms with Gasteiger partial charge in [-0.25, -0.2) is 9.98 Å². The number of rotatable bonds is 6. The second kappa shape index (κ2) is 11.5. The van der Waals surface area contributed by atoms with Gasteiger partial charge in [0.1, 0.15) is 5.82 Å². The molecular formula is C22H34IN5O. The van der Waals surface area contributed by atoms with Crippen molar-refractivity contribution in [1.29, 1.82) is 0 Å². The molecule has 0 spiro atoms. The Morgan fingerprint density at radius 3 is 2.62 bits per heavy atom. The number of pyridine rings is 1. The van der Waals surface area contributed by atoms with Crippen LogP contribution in [0.15, 0.2) is 35.3 Å². The number of ether oxygens (including phenoxy) is 1. The summed E-state index contributed by atoms with van der Waals surface area (Å²) in [5.41, 5.74) is 2.22. The van der Waals surface area contributed by atoms with Crippen molar-refractivity contribution in [2.24, 2.45) is 4.99 Å². The fourth-order valence-corrected chi connectivity index (χ4v) is 3.65. The molecule has 1 N–H and O–H groups in total. The lowest BCUT2D eigenvalue weighted by molar-refractivity contribution is 0.0263. The molecule has 160 valence electrons. The van der Waals surface area contributed by atoms with E-state index in [2.05, 4.69) is 48.3 Å². The molecule has 0 radical (unpaired) electrons. The lowest BCUT2D eigenvalue weighted by Crippen LogP contribution is -2.47. The predicted octanol–water partition coefficient (Wildman–Crippen LogP) is 3.89. The minimum absolute atomic E-state index is 0. The number of aromatic nitrogens is 1. The third kappa shape index (κ3) is 6.18. The first-order chi connectivity index (χ1) is 13.6. The van der Waals surface area contributed by atoms with Crippen molar-refractivity contribution in [3.05, 3.63) is 35.9 Å². The van der Waals surface area contributed by atoms with Crippen molar-refractivity contribution in [3.63, 3.8) is 0 Å². The molecule has 1 aliphatic heterocycles. The van der Waals surface area contributed by atoms with Crippen molar-refractivity contribution in [1.82, 2.24) is 15.2 Å².